The van der Waals surface area contributed by atoms with Gasteiger partial charge in [-0.2, -0.15) is 0 Å². The molecule has 0 bridgehead atoms. The number of imidazole rings is 1. The van der Waals surface area contributed by atoms with E-state index in [1.807, 2.05) is 60.9 Å². The van der Waals surface area contributed by atoms with Crippen LogP contribution in [-0.2, 0) is 0 Å². The first-order valence-corrected chi connectivity index (χ1v) is 9.97. The molecule has 1 aromatic heterocycles. The fraction of sp³-hybridized carbons (Fsp3) is 0.200. The van der Waals surface area contributed by atoms with Gasteiger partial charge in [-0.3, -0.25) is 4.57 Å². The minimum atomic E-state index is -0.144. The molecule has 138 valence electrons. The van der Waals surface area contributed by atoms with Crippen molar-refractivity contribution in [1.29, 1.82) is 0 Å². The number of H-pyrrole nitrogens is 1. The van der Waals surface area contributed by atoms with Crippen LogP contribution in [0.4, 0.5) is 10.5 Å². The molecule has 0 aliphatic carbocycles. The van der Waals surface area contributed by atoms with Gasteiger partial charge in [-0.1, -0.05) is 12.1 Å². The molecular formula is C20H20N4O2S. The fourth-order valence-electron chi connectivity index (χ4n) is 3.26. The summed E-state index contributed by atoms with van der Waals surface area (Å²) in [6, 6.07) is 15.3. The zero-order valence-electron chi connectivity index (χ0n) is 14.9. The van der Waals surface area contributed by atoms with Gasteiger partial charge in [0, 0.05) is 35.8 Å². The van der Waals surface area contributed by atoms with E-state index in [0.29, 0.717) is 19.5 Å². The zero-order valence-corrected chi connectivity index (χ0v) is 15.8. The molecule has 0 saturated carbocycles. The number of fused-ring (bicyclic) bond motifs is 1. The van der Waals surface area contributed by atoms with Gasteiger partial charge in [-0.25, -0.2) is 9.59 Å². The number of carbonyl (C=O) groups excluding carboxylic acids is 1. The molecule has 3 aromatic rings. The molecular weight excluding hydrogens is 360 g/mol. The number of hydrogen-bond donors (Lipinski definition) is 2. The lowest BCUT2D eigenvalue weighted by Gasteiger charge is -2.27. The van der Waals surface area contributed by atoms with Crippen LogP contribution in [0.3, 0.4) is 0 Å². The normalized spacial score (nSPS) is 14.3. The third kappa shape index (κ3) is 3.50. The molecule has 1 aliphatic heterocycles. The monoisotopic (exact) mass is 380 g/mol. The van der Waals surface area contributed by atoms with Crippen LogP contribution < -0.4 is 11.0 Å². The van der Waals surface area contributed by atoms with Gasteiger partial charge < -0.3 is 15.2 Å². The molecule has 2 aromatic carbocycles. The Labute approximate surface area is 160 Å². The summed E-state index contributed by atoms with van der Waals surface area (Å²) in [7, 11) is 0. The van der Waals surface area contributed by atoms with Gasteiger partial charge in [0.25, 0.3) is 0 Å². The highest BCUT2D eigenvalue weighted by Crippen LogP contribution is 2.21. The van der Waals surface area contributed by atoms with Gasteiger partial charge in [0.15, 0.2) is 0 Å². The van der Waals surface area contributed by atoms with Crippen LogP contribution in [0.15, 0.2) is 64.3 Å². The smallest absolute Gasteiger partial charge is 0.320 e. The Balaban J connectivity index is 1.48. The van der Waals surface area contributed by atoms with E-state index in [9.17, 15) is 9.59 Å². The van der Waals surface area contributed by atoms with E-state index in [4.69, 9.17) is 0 Å². The number of anilines is 1. The summed E-state index contributed by atoms with van der Waals surface area (Å²) in [6.45, 7) is 1.03. The average molecular weight is 380 g/mol. The highest BCUT2D eigenvalue weighted by molar-refractivity contribution is 7.98. The molecule has 0 atom stereocenters. The van der Waals surface area contributed by atoms with Crippen LogP contribution in [0.2, 0.25) is 0 Å². The molecule has 0 saturated heterocycles. The first kappa shape index (κ1) is 17.5. The second-order valence-electron chi connectivity index (χ2n) is 6.33. The lowest BCUT2D eigenvalue weighted by atomic mass is 10.2. The third-order valence-corrected chi connectivity index (χ3v) is 5.43. The number of hydrogen-bond acceptors (Lipinski definition) is 3. The molecule has 2 amide bonds. The average Bonchev–Trinajstić information content (AvgIpc) is 3.04. The molecule has 4 rings (SSSR count). The number of rotatable bonds is 3. The number of benzene rings is 2. The topological polar surface area (TPSA) is 70.1 Å². The molecule has 2 N–H and O–H groups in total. The molecule has 1 aliphatic rings. The van der Waals surface area contributed by atoms with Crippen molar-refractivity contribution in [3.8, 4) is 0 Å². The zero-order chi connectivity index (χ0) is 18.8. The minimum Gasteiger partial charge on any atom is -0.320 e. The maximum atomic E-state index is 12.5. The van der Waals surface area contributed by atoms with Crippen molar-refractivity contribution in [3.05, 3.63) is 65.1 Å². The van der Waals surface area contributed by atoms with E-state index >= 15 is 0 Å². The summed E-state index contributed by atoms with van der Waals surface area (Å²) >= 11 is 1.66. The van der Waals surface area contributed by atoms with Crippen molar-refractivity contribution in [2.45, 2.75) is 11.3 Å². The predicted molar refractivity (Wildman–Crippen MR) is 110 cm³/mol. The lowest BCUT2D eigenvalue weighted by molar-refractivity contribution is 0.216. The second-order valence-corrected chi connectivity index (χ2v) is 7.21. The summed E-state index contributed by atoms with van der Waals surface area (Å²) < 4.78 is 1.70. The van der Waals surface area contributed by atoms with Crippen molar-refractivity contribution < 1.29 is 4.79 Å². The van der Waals surface area contributed by atoms with Gasteiger partial charge in [0.05, 0.1) is 11.0 Å². The first-order valence-electron chi connectivity index (χ1n) is 8.75. The predicted octanol–water partition coefficient (Wildman–Crippen LogP) is 3.83. The first-order chi connectivity index (χ1) is 13.2. The number of aromatic nitrogens is 2. The van der Waals surface area contributed by atoms with Crippen LogP contribution in [0.25, 0.3) is 16.7 Å². The van der Waals surface area contributed by atoms with E-state index < -0.39 is 0 Å². The minimum absolute atomic E-state index is 0.131. The Morgan fingerprint density at radius 2 is 1.93 bits per heavy atom. The van der Waals surface area contributed by atoms with E-state index in [2.05, 4.69) is 10.3 Å². The van der Waals surface area contributed by atoms with Gasteiger partial charge in [-0.15, -0.1) is 11.8 Å². The number of carbonyl (C=O) groups is 1. The second kappa shape index (κ2) is 7.36. The summed E-state index contributed by atoms with van der Waals surface area (Å²) in [5.74, 6) is 0. The molecule has 2 heterocycles. The van der Waals surface area contributed by atoms with E-state index in [1.54, 1.807) is 21.2 Å². The summed E-state index contributed by atoms with van der Waals surface area (Å²) in [5.41, 5.74) is 3.23. The van der Waals surface area contributed by atoms with E-state index in [1.165, 1.54) is 0 Å². The maximum Gasteiger partial charge on any atom is 0.330 e. The van der Waals surface area contributed by atoms with Crippen LogP contribution in [0, 0.1) is 0 Å². The fourth-order valence-corrected chi connectivity index (χ4v) is 3.67. The summed E-state index contributed by atoms with van der Waals surface area (Å²) in [4.78, 5) is 30.6. The largest absolute Gasteiger partial charge is 0.330 e. The van der Waals surface area contributed by atoms with Crippen molar-refractivity contribution in [2.75, 3.05) is 24.7 Å². The van der Waals surface area contributed by atoms with Crippen LogP contribution in [-0.4, -0.2) is 39.8 Å². The standard InChI is InChI=1S/C20H20N4O2S/c1-27-16-8-6-14(7-9-16)21-19(25)23-12-10-15(11-13-23)24-18-5-3-2-4-17(18)22-20(24)26/h2-10H,11-13H2,1H3,(H,21,25)(H,22,26). The number of thioether (sulfide) groups is 1. The maximum absolute atomic E-state index is 12.5. The van der Waals surface area contributed by atoms with Crippen molar-refractivity contribution >= 4 is 40.2 Å². The quantitative estimate of drug-likeness (QED) is 0.679. The van der Waals surface area contributed by atoms with Crippen LogP contribution in [0.5, 0.6) is 0 Å². The van der Waals surface area contributed by atoms with Crippen LogP contribution in [0.1, 0.15) is 6.42 Å². The molecule has 0 fully saturated rings. The molecule has 7 heteroatoms. The Morgan fingerprint density at radius 3 is 2.63 bits per heavy atom. The van der Waals surface area contributed by atoms with Crippen molar-refractivity contribution in [1.82, 2.24) is 14.5 Å². The number of amides is 2. The molecule has 0 spiro atoms. The SMILES string of the molecule is CSc1ccc(NC(=O)N2CC=C(n3c(=O)[nH]c4ccccc43)CC2)cc1. The number of nitrogens with one attached hydrogen (secondary N) is 2. The Kier molecular flexibility index (Phi) is 4.77. The number of aromatic amines is 1. The summed E-state index contributed by atoms with van der Waals surface area (Å²) in [5, 5.41) is 2.93. The molecule has 0 radical (unpaired) electrons. The third-order valence-electron chi connectivity index (χ3n) is 4.69. The number of para-hydroxylation sites is 2. The van der Waals surface area contributed by atoms with Crippen molar-refractivity contribution in [3.63, 3.8) is 0 Å². The molecule has 6 nitrogen and oxygen atoms in total. The Bertz CT molecular complexity index is 1070. The molecule has 0 unspecified atom stereocenters. The van der Waals surface area contributed by atoms with Gasteiger partial charge in [0.2, 0.25) is 0 Å². The Morgan fingerprint density at radius 1 is 1.15 bits per heavy atom. The lowest BCUT2D eigenvalue weighted by Crippen LogP contribution is -2.38. The van der Waals surface area contributed by atoms with E-state index in [0.717, 1.165) is 27.3 Å². The van der Waals surface area contributed by atoms with Crippen LogP contribution >= 0.6 is 11.8 Å². The van der Waals surface area contributed by atoms with Crippen molar-refractivity contribution in [2.24, 2.45) is 0 Å². The highest BCUT2D eigenvalue weighted by atomic mass is 32.2. The number of nitrogens with zero attached hydrogens (tertiary/aromatic N) is 2. The van der Waals surface area contributed by atoms with Gasteiger partial charge >= 0.3 is 11.7 Å². The number of urea groups is 1. The van der Waals surface area contributed by atoms with E-state index in [-0.39, 0.29) is 11.7 Å². The van der Waals surface area contributed by atoms with Gasteiger partial charge in [0.1, 0.15) is 0 Å². The highest BCUT2D eigenvalue weighted by Gasteiger charge is 2.20. The summed E-state index contributed by atoms with van der Waals surface area (Å²) in [6.07, 6.45) is 4.59. The van der Waals surface area contributed by atoms with Gasteiger partial charge in [-0.05, 0) is 48.7 Å². The Hall–Kier alpha value is -2.93. The molecule has 27 heavy (non-hydrogen) atoms.